The SMILES string of the molecule is Cc1cc(Br)cc(C)c1NC(=O)COc1ccc(S(=O)(=O)N2CCCc3ccccc32)cc1. The molecule has 33 heavy (non-hydrogen) atoms. The van der Waals surface area contributed by atoms with Crippen LogP contribution in [0.2, 0.25) is 0 Å². The summed E-state index contributed by atoms with van der Waals surface area (Å²) in [6.45, 7) is 4.12. The van der Waals surface area contributed by atoms with Crippen molar-refractivity contribution >= 4 is 43.2 Å². The zero-order valence-corrected chi connectivity index (χ0v) is 20.9. The maximum absolute atomic E-state index is 13.2. The van der Waals surface area contributed by atoms with E-state index in [0.29, 0.717) is 12.3 Å². The Morgan fingerprint density at radius 1 is 1.06 bits per heavy atom. The molecule has 0 unspecified atom stereocenters. The summed E-state index contributed by atoms with van der Waals surface area (Å²) in [6, 6.07) is 17.6. The first-order chi connectivity index (χ1) is 15.8. The number of amides is 1. The Morgan fingerprint density at radius 2 is 1.73 bits per heavy atom. The lowest BCUT2D eigenvalue weighted by atomic mass is 10.0. The van der Waals surface area contributed by atoms with E-state index in [1.807, 2.05) is 50.2 Å². The molecular weight excluding hydrogens is 504 g/mol. The molecule has 0 saturated heterocycles. The molecule has 1 amide bonds. The molecule has 0 radical (unpaired) electrons. The van der Waals surface area contributed by atoms with E-state index in [1.165, 1.54) is 16.4 Å². The first-order valence-corrected chi connectivity index (χ1v) is 12.9. The number of ether oxygens (including phenoxy) is 1. The molecule has 3 aromatic rings. The van der Waals surface area contributed by atoms with Gasteiger partial charge in [0.1, 0.15) is 5.75 Å². The van der Waals surface area contributed by atoms with E-state index >= 15 is 0 Å². The highest BCUT2D eigenvalue weighted by Crippen LogP contribution is 2.32. The van der Waals surface area contributed by atoms with Gasteiger partial charge in [0.05, 0.1) is 10.6 Å². The van der Waals surface area contributed by atoms with Crippen LogP contribution in [0.1, 0.15) is 23.1 Å². The predicted octanol–water partition coefficient (Wildman–Crippen LogP) is 5.22. The van der Waals surface area contributed by atoms with Gasteiger partial charge in [0.15, 0.2) is 6.61 Å². The monoisotopic (exact) mass is 528 g/mol. The van der Waals surface area contributed by atoms with E-state index in [0.717, 1.165) is 45.4 Å². The van der Waals surface area contributed by atoms with Gasteiger partial charge in [-0.25, -0.2) is 8.42 Å². The Labute approximate surface area is 202 Å². The van der Waals surface area contributed by atoms with E-state index in [-0.39, 0.29) is 17.4 Å². The summed E-state index contributed by atoms with van der Waals surface area (Å²) in [6.07, 6.45) is 1.65. The number of nitrogens with one attached hydrogen (secondary N) is 1. The number of halogens is 1. The lowest BCUT2D eigenvalue weighted by Gasteiger charge is -2.30. The number of aryl methyl sites for hydroxylation is 3. The fourth-order valence-electron chi connectivity index (χ4n) is 4.02. The average Bonchev–Trinajstić information content (AvgIpc) is 2.80. The predicted molar refractivity (Wildman–Crippen MR) is 133 cm³/mol. The quantitative estimate of drug-likeness (QED) is 0.475. The van der Waals surface area contributed by atoms with Crippen LogP contribution in [0.25, 0.3) is 0 Å². The molecule has 0 aliphatic carbocycles. The number of rotatable bonds is 6. The summed E-state index contributed by atoms with van der Waals surface area (Å²) in [5.41, 5.74) is 4.43. The van der Waals surface area contributed by atoms with Crippen LogP contribution in [0.3, 0.4) is 0 Å². The molecule has 3 aromatic carbocycles. The molecule has 1 aliphatic heterocycles. The van der Waals surface area contributed by atoms with Crippen molar-refractivity contribution in [3.8, 4) is 5.75 Å². The largest absolute Gasteiger partial charge is 0.484 e. The highest BCUT2D eigenvalue weighted by atomic mass is 79.9. The first kappa shape index (κ1) is 23.3. The number of sulfonamides is 1. The molecule has 0 saturated carbocycles. The van der Waals surface area contributed by atoms with Crippen LogP contribution in [0, 0.1) is 13.8 Å². The molecule has 172 valence electrons. The summed E-state index contributed by atoms with van der Waals surface area (Å²) in [5.74, 6) is 0.137. The standard InChI is InChI=1S/C25H25BrN2O4S/c1-17-14-20(26)15-18(2)25(17)27-24(29)16-32-21-9-11-22(12-10-21)33(30,31)28-13-5-7-19-6-3-4-8-23(19)28/h3-4,6,8-12,14-15H,5,7,13,16H2,1-2H3,(H,27,29). The molecule has 1 N–H and O–H groups in total. The Hall–Kier alpha value is -2.84. The minimum Gasteiger partial charge on any atom is -0.484 e. The minimum absolute atomic E-state index is 0.180. The van der Waals surface area contributed by atoms with Gasteiger partial charge in [-0.1, -0.05) is 34.1 Å². The van der Waals surface area contributed by atoms with Crippen LogP contribution in [-0.4, -0.2) is 27.5 Å². The number of benzene rings is 3. The van der Waals surface area contributed by atoms with E-state index in [2.05, 4.69) is 21.2 Å². The summed E-state index contributed by atoms with van der Waals surface area (Å²) >= 11 is 3.44. The fourth-order valence-corrected chi connectivity index (χ4v) is 6.24. The molecular formula is C25H25BrN2O4S. The van der Waals surface area contributed by atoms with Gasteiger partial charge in [0.2, 0.25) is 0 Å². The molecule has 0 atom stereocenters. The lowest BCUT2D eigenvalue weighted by molar-refractivity contribution is -0.118. The number of para-hydroxylation sites is 1. The van der Waals surface area contributed by atoms with Gasteiger partial charge in [0, 0.05) is 16.7 Å². The number of anilines is 2. The van der Waals surface area contributed by atoms with Crippen molar-refractivity contribution in [3.63, 3.8) is 0 Å². The van der Waals surface area contributed by atoms with Crippen LogP contribution in [0.4, 0.5) is 11.4 Å². The summed E-state index contributed by atoms with van der Waals surface area (Å²) in [5, 5.41) is 2.88. The second kappa shape index (κ2) is 9.57. The van der Waals surface area contributed by atoms with Crippen LogP contribution in [0.15, 0.2) is 70.0 Å². The molecule has 6 nitrogen and oxygen atoms in total. The third kappa shape index (κ3) is 5.07. The van der Waals surface area contributed by atoms with Crippen molar-refractivity contribution in [2.75, 3.05) is 22.8 Å². The Balaban J connectivity index is 1.42. The Kier molecular flexibility index (Phi) is 6.76. The molecule has 4 rings (SSSR count). The van der Waals surface area contributed by atoms with Crippen molar-refractivity contribution in [2.45, 2.75) is 31.6 Å². The Morgan fingerprint density at radius 3 is 2.42 bits per heavy atom. The number of fused-ring (bicyclic) bond motifs is 1. The molecule has 0 aromatic heterocycles. The summed E-state index contributed by atoms with van der Waals surface area (Å²) in [7, 11) is -3.68. The van der Waals surface area contributed by atoms with Crippen molar-refractivity contribution in [3.05, 3.63) is 81.8 Å². The second-order valence-corrected chi connectivity index (χ2v) is 10.8. The summed E-state index contributed by atoms with van der Waals surface area (Å²) < 4.78 is 34.5. The molecule has 1 aliphatic rings. The number of hydrogen-bond acceptors (Lipinski definition) is 4. The van der Waals surface area contributed by atoms with E-state index < -0.39 is 10.0 Å². The van der Waals surface area contributed by atoms with E-state index in [1.54, 1.807) is 12.1 Å². The van der Waals surface area contributed by atoms with Crippen LogP contribution >= 0.6 is 15.9 Å². The molecule has 0 fully saturated rings. The Bertz CT molecular complexity index is 1270. The zero-order valence-electron chi connectivity index (χ0n) is 18.5. The zero-order chi connectivity index (χ0) is 23.6. The number of hydrogen-bond donors (Lipinski definition) is 1. The highest BCUT2D eigenvalue weighted by Gasteiger charge is 2.28. The topological polar surface area (TPSA) is 75.7 Å². The van der Waals surface area contributed by atoms with Crippen molar-refractivity contribution in [1.29, 1.82) is 0 Å². The van der Waals surface area contributed by atoms with Gasteiger partial charge in [-0.2, -0.15) is 0 Å². The van der Waals surface area contributed by atoms with Gasteiger partial charge >= 0.3 is 0 Å². The smallest absolute Gasteiger partial charge is 0.264 e. The van der Waals surface area contributed by atoms with Crippen LogP contribution in [-0.2, 0) is 21.2 Å². The molecule has 0 bridgehead atoms. The third-order valence-corrected chi connectivity index (χ3v) is 7.90. The van der Waals surface area contributed by atoms with E-state index in [9.17, 15) is 13.2 Å². The van der Waals surface area contributed by atoms with E-state index in [4.69, 9.17) is 4.74 Å². The maximum atomic E-state index is 13.2. The fraction of sp³-hybridized carbons (Fsp3) is 0.240. The molecule has 8 heteroatoms. The van der Waals surface area contributed by atoms with Gasteiger partial charge < -0.3 is 10.1 Å². The van der Waals surface area contributed by atoms with Crippen molar-refractivity contribution < 1.29 is 17.9 Å². The van der Waals surface area contributed by atoms with Gasteiger partial charge in [-0.15, -0.1) is 0 Å². The maximum Gasteiger partial charge on any atom is 0.264 e. The van der Waals surface area contributed by atoms with Crippen LogP contribution in [0.5, 0.6) is 5.75 Å². The lowest BCUT2D eigenvalue weighted by Crippen LogP contribution is -2.35. The minimum atomic E-state index is -3.68. The number of nitrogens with zero attached hydrogens (tertiary/aromatic N) is 1. The third-order valence-electron chi connectivity index (χ3n) is 5.61. The first-order valence-electron chi connectivity index (χ1n) is 10.7. The van der Waals surface area contributed by atoms with Crippen molar-refractivity contribution in [2.24, 2.45) is 0 Å². The number of carbonyl (C=O) groups excluding carboxylic acids is 1. The van der Waals surface area contributed by atoms with Gasteiger partial charge in [-0.3, -0.25) is 9.10 Å². The van der Waals surface area contributed by atoms with Crippen molar-refractivity contribution in [1.82, 2.24) is 0 Å². The average molecular weight is 529 g/mol. The van der Waals surface area contributed by atoms with Gasteiger partial charge in [-0.05, 0) is 85.8 Å². The molecule has 0 spiro atoms. The normalized spacial score (nSPS) is 13.4. The van der Waals surface area contributed by atoms with Crippen LogP contribution < -0.4 is 14.4 Å². The number of carbonyl (C=O) groups is 1. The second-order valence-electron chi connectivity index (χ2n) is 8.03. The van der Waals surface area contributed by atoms with Gasteiger partial charge in [0.25, 0.3) is 15.9 Å². The summed E-state index contributed by atoms with van der Waals surface area (Å²) in [4.78, 5) is 12.6. The molecule has 1 heterocycles. The highest BCUT2D eigenvalue weighted by molar-refractivity contribution is 9.10.